The average molecular weight is 673 g/mol. The van der Waals surface area contributed by atoms with Crippen LogP contribution in [0.5, 0.6) is 0 Å². The minimum atomic E-state index is -5.04. The Labute approximate surface area is 278 Å². The second-order valence-electron chi connectivity index (χ2n) is 12.9. The number of aliphatic hydroxyl groups excluding tert-OH is 1. The first kappa shape index (κ1) is 38.2. The van der Waals surface area contributed by atoms with Crippen LogP contribution in [0.4, 0.5) is 13.2 Å². The summed E-state index contributed by atoms with van der Waals surface area (Å²) >= 11 is 0. The predicted octanol–water partition coefficient (Wildman–Crippen LogP) is 5.27. The monoisotopic (exact) mass is 672 g/mol. The van der Waals surface area contributed by atoms with Gasteiger partial charge in [0.05, 0.1) is 12.1 Å². The Hall–Kier alpha value is -4.26. The smallest absolute Gasteiger partial charge is 0.382 e. The molecule has 2 aromatic carbocycles. The normalized spacial score (nSPS) is 16.7. The number of carbonyl (C=O) groups excluding carboxylic acids is 5. The fourth-order valence-electron chi connectivity index (χ4n) is 5.24. The van der Waals surface area contributed by atoms with Crippen molar-refractivity contribution in [2.24, 2.45) is 28.0 Å². The largest absolute Gasteiger partial charge is 0.416 e. The Morgan fingerprint density at radius 1 is 0.875 bits per heavy atom. The molecule has 3 rings (SSSR count). The molecular formula is C35H43F3N4O6. The number of nitrogens with zero attached hydrogens (tertiary/aromatic N) is 2. The summed E-state index contributed by atoms with van der Waals surface area (Å²) in [6, 6.07) is 12.8. The summed E-state index contributed by atoms with van der Waals surface area (Å²) in [5.41, 5.74) is 1.37. The SMILES string of the molecule is CC(=O)CCC(NC(=O)[C@H](C)CC(=O)[C@H](Cc1ccccc1)NC(=O)[C@@H](CC(=O)c1ccc(C2(C)N=N2)cc1)C(C)C)C(O)C(F)(F)F. The van der Waals surface area contributed by atoms with Gasteiger partial charge in [-0.2, -0.15) is 23.4 Å². The molecule has 0 aromatic heterocycles. The number of nitrogens with one attached hydrogen (secondary N) is 2. The van der Waals surface area contributed by atoms with E-state index in [-0.39, 0.29) is 31.0 Å². The first-order chi connectivity index (χ1) is 22.4. The highest BCUT2D eigenvalue weighted by molar-refractivity contribution is 5.99. The maximum absolute atomic E-state index is 13.6. The van der Waals surface area contributed by atoms with E-state index in [4.69, 9.17) is 0 Å². The molecule has 0 spiro atoms. The van der Waals surface area contributed by atoms with Crippen molar-refractivity contribution in [3.05, 3.63) is 71.3 Å². The molecule has 0 bridgehead atoms. The predicted molar refractivity (Wildman–Crippen MR) is 171 cm³/mol. The molecule has 2 amide bonds. The Kier molecular flexibility index (Phi) is 12.9. The lowest BCUT2D eigenvalue weighted by Crippen LogP contribution is -2.52. The molecule has 5 atom stereocenters. The molecule has 0 saturated carbocycles. The summed E-state index contributed by atoms with van der Waals surface area (Å²) in [6.45, 7) is 7.95. The minimum absolute atomic E-state index is 0.0723. The summed E-state index contributed by atoms with van der Waals surface area (Å²) in [4.78, 5) is 64.8. The number of amides is 2. The third kappa shape index (κ3) is 10.9. The van der Waals surface area contributed by atoms with E-state index in [1.807, 2.05) is 6.92 Å². The maximum Gasteiger partial charge on any atom is 0.416 e. The number of hydrogen-bond donors (Lipinski definition) is 3. The van der Waals surface area contributed by atoms with Crippen molar-refractivity contribution in [1.29, 1.82) is 0 Å². The Balaban J connectivity index is 1.73. The van der Waals surface area contributed by atoms with Gasteiger partial charge in [0, 0.05) is 42.2 Å². The minimum Gasteiger partial charge on any atom is -0.382 e. The molecule has 2 unspecified atom stereocenters. The molecule has 48 heavy (non-hydrogen) atoms. The number of ketones is 3. The second-order valence-corrected chi connectivity index (χ2v) is 12.9. The maximum atomic E-state index is 13.6. The third-order valence-corrected chi connectivity index (χ3v) is 8.49. The number of halogens is 3. The van der Waals surface area contributed by atoms with E-state index < -0.39 is 78.1 Å². The summed E-state index contributed by atoms with van der Waals surface area (Å²) in [5.74, 6) is -4.86. The molecule has 10 nitrogen and oxygen atoms in total. The van der Waals surface area contributed by atoms with E-state index in [1.54, 1.807) is 68.4 Å². The van der Waals surface area contributed by atoms with Gasteiger partial charge in [-0.15, -0.1) is 0 Å². The van der Waals surface area contributed by atoms with E-state index >= 15 is 0 Å². The number of alkyl halides is 3. The fraction of sp³-hybridized carbons (Fsp3) is 0.514. The average Bonchev–Trinajstić information content (AvgIpc) is 3.78. The topological polar surface area (TPSA) is 154 Å². The van der Waals surface area contributed by atoms with E-state index in [9.17, 15) is 42.3 Å². The van der Waals surface area contributed by atoms with Crippen molar-refractivity contribution in [2.75, 3.05) is 0 Å². The molecular weight excluding hydrogens is 629 g/mol. The second kappa shape index (κ2) is 16.2. The van der Waals surface area contributed by atoms with Gasteiger partial charge in [0.25, 0.3) is 0 Å². The van der Waals surface area contributed by atoms with Crippen LogP contribution in [0.1, 0.15) is 81.8 Å². The number of aliphatic hydroxyl groups is 1. The molecule has 1 aliphatic heterocycles. The van der Waals surface area contributed by atoms with E-state index in [1.165, 1.54) is 13.8 Å². The molecule has 3 N–H and O–H groups in total. The van der Waals surface area contributed by atoms with Crippen LogP contribution >= 0.6 is 0 Å². The highest BCUT2D eigenvalue weighted by Gasteiger charge is 2.44. The van der Waals surface area contributed by atoms with Gasteiger partial charge in [-0.3, -0.25) is 19.2 Å². The van der Waals surface area contributed by atoms with Crippen LogP contribution in [0.3, 0.4) is 0 Å². The Morgan fingerprint density at radius 2 is 1.48 bits per heavy atom. The highest BCUT2D eigenvalue weighted by atomic mass is 19.4. The Morgan fingerprint density at radius 3 is 2.00 bits per heavy atom. The van der Waals surface area contributed by atoms with E-state index in [2.05, 4.69) is 20.9 Å². The quantitative estimate of drug-likeness (QED) is 0.183. The molecule has 260 valence electrons. The number of carbonyl (C=O) groups is 5. The van der Waals surface area contributed by atoms with Gasteiger partial charge in [0.1, 0.15) is 5.78 Å². The number of rotatable bonds is 18. The molecule has 0 radical (unpaired) electrons. The van der Waals surface area contributed by atoms with E-state index in [0.29, 0.717) is 11.1 Å². The van der Waals surface area contributed by atoms with Gasteiger partial charge >= 0.3 is 6.18 Å². The zero-order valence-electron chi connectivity index (χ0n) is 27.7. The summed E-state index contributed by atoms with van der Waals surface area (Å²) in [6.07, 6.45) is -9.17. The molecule has 1 aliphatic rings. The van der Waals surface area contributed by atoms with Crippen LogP contribution in [-0.4, -0.2) is 58.6 Å². The van der Waals surface area contributed by atoms with Crippen LogP contribution in [0, 0.1) is 17.8 Å². The van der Waals surface area contributed by atoms with Crippen molar-refractivity contribution in [3.8, 4) is 0 Å². The van der Waals surface area contributed by atoms with Gasteiger partial charge in [-0.25, -0.2) is 0 Å². The van der Waals surface area contributed by atoms with Crippen molar-refractivity contribution in [1.82, 2.24) is 10.6 Å². The van der Waals surface area contributed by atoms with Gasteiger partial charge < -0.3 is 20.5 Å². The zero-order chi connectivity index (χ0) is 35.8. The van der Waals surface area contributed by atoms with Crippen LogP contribution < -0.4 is 10.6 Å². The van der Waals surface area contributed by atoms with Crippen molar-refractivity contribution < 1.29 is 42.3 Å². The van der Waals surface area contributed by atoms with Crippen molar-refractivity contribution >= 4 is 29.2 Å². The molecule has 13 heteroatoms. The summed E-state index contributed by atoms with van der Waals surface area (Å²) < 4.78 is 39.8. The molecule has 1 heterocycles. The van der Waals surface area contributed by atoms with Crippen LogP contribution in [-0.2, 0) is 31.3 Å². The first-order valence-electron chi connectivity index (χ1n) is 15.9. The molecule has 0 saturated heterocycles. The number of benzene rings is 2. The zero-order valence-corrected chi connectivity index (χ0v) is 27.7. The molecule has 2 aromatic rings. The van der Waals surface area contributed by atoms with Crippen molar-refractivity contribution in [3.63, 3.8) is 0 Å². The van der Waals surface area contributed by atoms with Gasteiger partial charge in [0.15, 0.2) is 17.7 Å². The summed E-state index contributed by atoms with van der Waals surface area (Å²) in [5, 5.41) is 22.7. The van der Waals surface area contributed by atoms with Gasteiger partial charge in [-0.05, 0) is 38.2 Å². The number of hydrogen-bond acceptors (Lipinski definition) is 8. The van der Waals surface area contributed by atoms with E-state index in [0.717, 1.165) is 5.56 Å². The van der Waals surface area contributed by atoms with Crippen LogP contribution in [0.2, 0.25) is 0 Å². The standard InChI is InChI=1S/C35H43F3N4O6/c1-20(2)26(19-29(44)24-12-14-25(15-13-24)34(5)41-42-34)33(48)40-28(18-23-9-7-6-8-10-23)30(45)17-21(3)32(47)39-27(16-11-22(4)43)31(46)35(36,37)38/h6-10,12-15,20-21,26-28,31,46H,11,16-19H2,1-5H3,(H,39,47)(H,40,48)/t21-,26+,27?,28+,31?/m1/s1. The first-order valence-corrected chi connectivity index (χ1v) is 15.9. The fourth-order valence-corrected chi connectivity index (χ4v) is 5.24. The summed E-state index contributed by atoms with van der Waals surface area (Å²) in [7, 11) is 0. The van der Waals surface area contributed by atoms with Gasteiger partial charge in [-0.1, -0.05) is 75.4 Å². The molecule has 0 aliphatic carbocycles. The van der Waals surface area contributed by atoms with Crippen LogP contribution in [0.25, 0.3) is 0 Å². The lowest BCUT2D eigenvalue weighted by atomic mass is 9.87. The lowest BCUT2D eigenvalue weighted by Gasteiger charge is -2.27. The third-order valence-electron chi connectivity index (χ3n) is 8.49. The van der Waals surface area contributed by atoms with Crippen molar-refractivity contribution in [2.45, 2.75) is 96.7 Å². The highest BCUT2D eigenvalue weighted by Crippen LogP contribution is 2.38. The lowest BCUT2D eigenvalue weighted by molar-refractivity contribution is -0.213. The number of Topliss-reactive ketones (excluding diaryl/α,β-unsaturated/α-hetero) is 3. The molecule has 0 fully saturated rings. The van der Waals surface area contributed by atoms with Gasteiger partial charge in [0.2, 0.25) is 17.5 Å². The van der Waals surface area contributed by atoms with Crippen LogP contribution in [0.15, 0.2) is 64.8 Å². The Bertz CT molecular complexity index is 1490.